The minimum Gasteiger partial charge on any atom is -0.481 e. The van der Waals surface area contributed by atoms with E-state index in [4.69, 9.17) is 20.3 Å². The highest BCUT2D eigenvalue weighted by Gasteiger charge is 2.39. The van der Waals surface area contributed by atoms with Crippen LogP contribution in [0.2, 0.25) is 0 Å². The third-order valence-electron chi connectivity index (χ3n) is 6.47. The van der Waals surface area contributed by atoms with Gasteiger partial charge >= 0.3 is 0 Å². The molecule has 2 aromatic rings. The number of rotatable bonds is 8. The van der Waals surface area contributed by atoms with Crippen LogP contribution in [-0.4, -0.2) is 78.4 Å². The minimum atomic E-state index is -0.937. The Labute approximate surface area is 220 Å². The van der Waals surface area contributed by atoms with Crippen molar-refractivity contribution in [3.63, 3.8) is 0 Å². The highest BCUT2D eigenvalue weighted by Crippen LogP contribution is 2.39. The Hall–Kier alpha value is -3.90. The summed E-state index contributed by atoms with van der Waals surface area (Å²) in [5.74, 6) is -0.104. The van der Waals surface area contributed by atoms with Crippen molar-refractivity contribution in [3.05, 3.63) is 47.8 Å². The second kappa shape index (κ2) is 11.7. The molecule has 1 aromatic heterocycles. The summed E-state index contributed by atoms with van der Waals surface area (Å²) >= 11 is 0. The van der Waals surface area contributed by atoms with Crippen molar-refractivity contribution in [2.24, 2.45) is 26.6 Å². The molecule has 12 heteroatoms. The number of nitrogens with two attached hydrogens (primary N) is 1. The smallest absolute Gasteiger partial charge is 0.254 e. The lowest BCUT2D eigenvalue weighted by atomic mass is 9.82. The van der Waals surface area contributed by atoms with Crippen molar-refractivity contribution < 1.29 is 23.9 Å². The van der Waals surface area contributed by atoms with E-state index in [0.717, 1.165) is 5.56 Å². The third kappa shape index (κ3) is 5.81. The number of nitrogens with zero attached hydrogens (tertiary/aromatic N) is 5. The van der Waals surface area contributed by atoms with Crippen LogP contribution >= 0.6 is 0 Å². The minimum absolute atomic E-state index is 0.0939. The number of guanidine groups is 1. The van der Waals surface area contributed by atoms with Crippen molar-refractivity contribution in [2.45, 2.75) is 38.0 Å². The highest BCUT2D eigenvalue weighted by molar-refractivity contribution is 6.11. The number of hydrogen-bond donors (Lipinski definition) is 3. The Balaban J connectivity index is 1.74. The van der Waals surface area contributed by atoms with Gasteiger partial charge in [-0.25, -0.2) is 19.4 Å². The summed E-state index contributed by atoms with van der Waals surface area (Å²) < 4.78 is 19.7. The molecule has 1 aromatic carbocycles. The van der Waals surface area contributed by atoms with Crippen LogP contribution in [0.3, 0.4) is 0 Å². The van der Waals surface area contributed by atoms with Gasteiger partial charge in [0.15, 0.2) is 6.10 Å². The fraction of sp³-hybridized carbons (Fsp3) is 0.423. The number of amidine groups is 1. The fourth-order valence-electron chi connectivity index (χ4n) is 4.68. The number of aromatic nitrogens is 1. The molecule has 0 spiro atoms. The topological polar surface area (TPSA) is 147 Å². The Bertz CT molecular complexity index is 1280. The molecule has 0 aliphatic carbocycles. The normalized spacial score (nSPS) is 21.4. The van der Waals surface area contributed by atoms with Crippen LogP contribution in [-0.2, 0) is 9.63 Å². The standard InChI is InChI=1S/C26H32FN7O4/c1-14-23-20(32-26(28)29-14)13-19(31-24(23)33-38-21(10-11-35)25(36)34(2)3)16-9-8-15(27)12-17(16)18-6-5-7-22(30-18)37-4/h5-9,12,19-21,23,35H,10-11,13H2,1-4H3,(H2,28,32)(H,31,33)/t19?,20-,21+,23?/m1/s1. The number of likely N-dealkylation sites (N-methyl/N-ethyl adjacent to an activating group) is 1. The molecule has 2 aliphatic rings. The summed E-state index contributed by atoms with van der Waals surface area (Å²) in [7, 11) is 4.74. The second-order valence-corrected chi connectivity index (χ2v) is 9.30. The number of hydroxylamine groups is 1. The number of methoxy groups -OCH3 is 1. The van der Waals surface area contributed by atoms with Crippen LogP contribution < -0.4 is 16.0 Å². The average Bonchev–Trinajstić information content (AvgIpc) is 2.89. The number of nitrogens with one attached hydrogen (secondary N) is 1. The van der Waals surface area contributed by atoms with Crippen molar-refractivity contribution in [2.75, 3.05) is 27.8 Å². The summed E-state index contributed by atoms with van der Waals surface area (Å²) in [6.45, 7) is 1.59. The predicted molar refractivity (Wildman–Crippen MR) is 141 cm³/mol. The zero-order valence-corrected chi connectivity index (χ0v) is 21.8. The molecule has 2 unspecified atom stereocenters. The number of benzene rings is 1. The zero-order valence-electron chi connectivity index (χ0n) is 21.8. The predicted octanol–water partition coefficient (Wildman–Crippen LogP) is 1.87. The van der Waals surface area contributed by atoms with Gasteiger partial charge in [-0.2, -0.15) is 0 Å². The molecule has 0 saturated carbocycles. The second-order valence-electron chi connectivity index (χ2n) is 9.30. The number of ether oxygens (including phenoxy) is 1. The number of carbonyl (C=O) groups is 1. The van der Waals surface area contributed by atoms with Crippen molar-refractivity contribution in [1.82, 2.24) is 15.4 Å². The summed E-state index contributed by atoms with van der Waals surface area (Å²) in [5, 5.41) is 9.45. The maximum absolute atomic E-state index is 14.4. The number of carbonyl (C=O) groups excluding carboxylic acids is 1. The van der Waals surface area contributed by atoms with E-state index in [1.807, 2.05) is 6.92 Å². The molecular formula is C26H32FN7O4. The molecule has 38 heavy (non-hydrogen) atoms. The first-order valence-corrected chi connectivity index (χ1v) is 12.2. The Kier molecular flexibility index (Phi) is 8.32. The molecule has 3 heterocycles. The van der Waals surface area contributed by atoms with E-state index >= 15 is 0 Å². The lowest BCUT2D eigenvalue weighted by Gasteiger charge is -2.36. The van der Waals surface area contributed by atoms with E-state index in [2.05, 4.69) is 20.4 Å². The van der Waals surface area contributed by atoms with E-state index in [1.54, 1.807) is 38.4 Å². The number of fused-ring (bicyclic) bond motifs is 1. The molecule has 4 atom stereocenters. The van der Waals surface area contributed by atoms with Crippen LogP contribution in [0.15, 0.2) is 51.4 Å². The van der Waals surface area contributed by atoms with E-state index in [1.165, 1.54) is 24.1 Å². The molecule has 0 fully saturated rings. The number of amides is 1. The van der Waals surface area contributed by atoms with Gasteiger partial charge in [0.2, 0.25) is 11.8 Å². The van der Waals surface area contributed by atoms with Crippen molar-refractivity contribution in [1.29, 1.82) is 0 Å². The fourth-order valence-corrected chi connectivity index (χ4v) is 4.68. The molecule has 0 saturated heterocycles. The lowest BCUT2D eigenvalue weighted by molar-refractivity contribution is -0.145. The van der Waals surface area contributed by atoms with E-state index in [-0.39, 0.29) is 36.9 Å². The molecular weight excluding hydrogens is 493 g/mol. The first-order valence-electron chi connectivity index (χ1n) is 12.2. The van der Waals surface area contributed by atoms with Crippen molar-refractivity contribution in [3.8, 4) is 17.1 Å². The number of aliphatic hydroxyl groups is 1. The van der Waals surface area contributed by atoms with Crippen LogP contribution in [0.5, 0.6) is 5.88 Å². The average molecular weight is 526 g/mol. The number of halogens is 1. The van der Waals surface area contributed by atoms with Gasteiger partial charge < -0.3 is 20.5 Å². The van der Waals surface area contributed by atoms with Gasteiger partial charge in [-0.15, -0.1) is 0 Å². The Morgan fingerprint density at radius 2 is 2.08 bits per heavy atom. The summed E-state index contributed by atoms with van der Waals surface area (Å²) in [6, 6.07) is 8.96. The largest absolute Gasteiger partial charge is 0.481 e. The summed E-state index contributed by atoms with van der Waals surface area (Å²) in [4.78, 5) is 38.0. The van der Waals surface area contributed by atoms with Gasteiger partial charge in [0, 0.05) is 44.5 Å². The van der Waals surface area contributed by atoms with E-state index in [9.17, 15) is 14.3 Å². The molecule has 4 rings (SSSR count). The quantitative estimate of drug-likeness (QED) is 0.446. The first kappa shape index (κ1) is 27.1. The Morgan fingerprint density at radius 1 is 1.29 bits per heavy atom. The number of hydrogen-bond acceptors (Lipinski definition) is 10. The molecule has 4 N–H and O–H groups in total. The number of aliphatic imine (C=N–C) groups is 3. The summed E-state index contributed by atoms with van der Waals surface area (Å²) in [5.41, 5.74) is 11.4. The zero-order chi connectivity index (χ0) is 27.4. The van der Waals surface area contributed by atoms with Crippen molar-refractivity contribution >= 4 is 23.4 Å². The molecule has 1 amide bonds. The van der Waals surface area contributed by atoms with E-state index < -0.39 is 18.0 Å². The number of pyridine rings is 1. The van der Waals surface area contributed by atoms with Crippen LogP contribution in [0.25, 0.3) is 11.3 Å². The van der Waals surface area contributed by atoms with Crippen LogP contribution in [0.1, 0.15) is 31.4 Å². The van der Waals surface area contributed by atoms with Gasteiger partial charge in [-0.3, -0.25) is 20.1 Å². The van der Waals surface area contributed by atoms with Gasteiger partial charge in [-0.1, -0.05) is 12.1 Å². The SMILES string of the molecule is COc1cccc(-c2cc(F)ccc2C2C[C@H]3N=C(N)N=C(C)C3C(NO[C@@H](CCO)C(=O)N(C)C)=N2)n1. The van der Waals surface area contributed by atoms with Gasteiger partial charge in [0.25, 0.3) is 5.91 Å². The molecule has 0 radical (unpaired) electrons. The van der Waals surface area contributed by atoms with Gasteiger partial charge in [0.1, 0.15) is 11.7 Å². The molecule has 11 nitrogen and oxygen atoms in total. The molecule has 0 bridgehead atoms. The number of aliphatic hydroxyl groups excluding tert-OH is 1. The highest BCUT2D eigenvalue weighted by atomic mass is 19.1. The van der Waals surface area contributed by atoms with Gasteiger partial charge in [-0.05, 0) is 37.1 Å². The lowest BCUT2D eigenvalue weighted by Crippen LogP contribution is -2.49. The molecule has 202 valence electrons. The van der Waals surface area contributed by atoms with Gasteiger partial charge in [0.05, 0.1) is 30.8 Å². The Morgan fingerprint density at radius 3 is 2.79 bits per heavy atom. The first-order chi connectivity index (χ1) is 18.2. The van der Waals surface area contributed by atoms with Crippen LogP contribution in [0, 0.1) is 11.7 Å². The maximum Gasteiger partial charge on any atom is 0.254 e. The third-order valence-corrected chi connectivity index (χ3v) is 6.47. The van der Waals surface area contributed by atoms with Crippen LogP contribution in [0.4, 0.5) is 4.39 Å². The monoisotopic (exact) mass is 525 g/mol. The molecule has 2 aliphatic heterocycles. The van der Waals surface area contributed by atoms with E-state index in [0.29, 0.717) is 35.1 Å². The maximum atomic E-state index is 14.4. The summed E-state index contributed by atoms with van der Waals surface area (Å²) in [6.07, 6.45) is -0.368.